The Bertz CT molecular complexity index is 191. The highest BCUT2D eigenvalue weighted by Crippen LogP contribution is 2.21. The van der Waals surface area contributed by atoms with Crippen LogP contribution < -0.4 is 0 Å². The molecule has 0 saturated heterocycles. The Hall–Kier alpha value is -0.740. The lowest BCUT2D eigenvalue weighted by molar-refractivity contribution is -0.136. The summed E-state index contributed by atoms with van der Waals surface area (Å²) in [7, 11) is 1.28. The molecule has 0 unspecified atom stereocenters. The molecular formula is C8H15F3N2. The van der Waals surface area contributed by atoms with Crippen molar-refractivity contribution >= 4 is 5.84 Å². The number of nitrogens with zero attached hydrogens (tertiary/aromatic N) is 1. The van der Waals surface area contributed by atoms with Crippen LogP contribution in [0.3, 0.4) is 0 Å². The average Bonchev–Trinajstić information content (AvgIpc) is 1.79. The molecule has 0 aromatic carbocycles. The average molecular weight is 196 g/mol. The Morgan fingerprint density at radius 1 is 1.23 bits per heavy atom. The maximum absolute atomic E-state index is 11.9. The summed E-state index contributed by atoms with van der Waals surface area (Å²) in [5.41, 5.74) is -0.542. The van der Waals surface area contributed by atoms with Gasteiger partial charge in [-0.3, -0.25) is 5.41 Å². The minimum absolute atomic E-state index is 0.00942. The van der Waals surface area contributed by atoms with Crippen LogP contribution in [0.4, 0.5) is 13.2 Å². The lowest BCUT2D eigenvalue weighted by atomic mass is 9.94. The summed E-state index contributed by atoms with van der Waals surface area (Å²) in [6, 6.07) is 0. The van der Waals surface area contributed by atoms with Gasteiger partial charge in [-0.05, 0) is 0 Å². The van der Waals surface area contributed by atoms with Crippen LogP contribution in [-0.4, -0.2) is 30.5 Å². The van der Waals surface area contributed by atoms with Crippen molar-refractivity contribution in [2.75, 3.05) is 13.6 Å². The third kappa shape index (κ3) is 4.75. The van der Waals surface area contributed by atoms with E-state index in [4.69, 9.17) is 5.41 Å². The summed E-state index contributed by atoms with van der Waals surface area (Å²) in [5.74, 6) is -0.00942. The molecule has 1 N–H and O–H groups in total. The first-order valence-corrected chi connectivity index (χ1v) is 3.91. The molecule has 78 valence electrons. The van der Waals surface area contributed by atoms with E-state index in [1.54, 1.807) is 20.8 Å². The highest BCUT2D eigenvalue weighted by molar-refractivity contribution is 5.84. The maximum atomic E-state index is 11.9. The summed E-state index contributed by atoms with van der Waals surface area (Å²) in [4.78, 5) is 0.917. The van der Waals surface area contributed by atoms with Gasteiger partial charge in [0.1, 0.15) is 12.4 Å². The van der Waals surface area contributed by atoms with Gasteiger partial charge < -0.3 is 4.90 Å². The number of hydrogen-bond donors (Lipinski definition) is 1. The smallest absolute Gasteiger partial charge is 0.354 e. The minimum Gasteiger partial charge on any atom is -0.354 e. The zero-order valence-electron chi connectivity index (χ0n) is 8.29. The SMILES string of the molecule is CN(CC(F)(F)F)C(=N)C(C)(C)C. The summed E-state index contributed by atoms with van der Waals surface area (Å²) >= 11 is 0. The van der Waals surface area contributed by atoms with Gasteiger partial charge in [0.15, 0.2) is 0 Å². The number of nitrogens with one attached hydrogen (secondary N) is 1. The van der Waals surface area contributed by atoms with Crippen molar-refractivity contribution in [1.29, 1.82) is 5.41 Å². The summed E-state index contributed by atoms with van der Waals surface area (Å²) in [5, 5.41) is 7.45. The molecule has 0 aliphatic rings. The first-order chi connectivity index (χ1) is 5.54. The van der Waals surface area contributed by atoms with Crippen molar-refractivity contribution < 1.29 is 13.2 Å². The monoisotopic (exact) mass is 196 g/mol. The highest BCUT2D eigenvalue weighted by atomic mass is 19.4. The van der Waals surface area contributed by atoms with Crippen LogP contribution >= 0.6 is 0 Å². The molecule has 13 heavy (non-hydrogen) atoms. The third-order valence-electron chi connectivity index (χ3n) is 1.51. The van der Waals surface area contributed by atoms with Crippen molar-refractivity contribution in [2.45, 2.75) is 26.9 Å². The van der Waals surface area contributed by atoms with E-state index >= 15 is 0 Å². The number of alkyl halides is 3. The molecular weight excluding hydrogens is 181 g/mol. The van der Waals surface area contributed by atoms with Gasteiger partial charge in [0, 0.05) is 12.5 Å². The van der Waals surface area contributed by atoms with E-state index in [0.29, 0.717) is 0 Å². The van der Waals surface area contributed by atoms with E-state index in [1.807, 2.05) is 0 Å². The molecule has 0 aliphatic heterocycles. The summed E-state index contributed by atoms with van der Waals surface area (Å²) < 4.78 is 35.7. The van der Waals surface area contributed by atoms with Crippen LogP contribution in [0.1, 0.15) is 20.8 Å². The molecule has 5 heteroatoms. The molecule has 0 amide bonds. The van der Waals surface area contributed by atoms with Crippen molar-refractivity contribution in [3.05, 3.63) is 0 Å². The van der Waals surface area contributed by atoms with Gasteiger partial charge >= 0.3 is 6.18 Å². The Morgan fingerprint density at radius 2 is 1.62 bits per heavy atom. The molecule has 0 fully saturated rings. The largest absolute Gasteiger partial charge is 0.405 e. The molecule has 0 atom stereocenters. The molecule has 0 aliphatic carbocycles. The summed E-state index contributed by atoms with van der Waals surface area (Å²) in [6.45, 7) is 4.07. The third-order valence-corrected chi connectivity index (χ3v) is 1.51. The van der Waals surface area contributed by atoms with Gasteiger partial charge in [0.25, 0.3) is 0 Å². The van der Waals surface area contributed by atoms with Crippen LogP contribution in [-0.2, 0) is 0 Å². The van der Waals surface area contributed by atoms with Crippen LogP contribution in [0.15, 0.2) is 0 Å². The van der Waals surface area contributed by atoms with Crippen LogP contribution in [0.2, 0.25) is 0 Å². The van der Waals surface area contributed by atoms with E-state index in [9.17, 15) is 13.2 Å². The van der Waals surface area contributed by atoms with E-state index in [-0.39, 0.29) is 5.84 Å². The second-order valence-corrected chi connectivity index (χ2v) is 4.07. The molecule has 0 bridgehead atoms. The molecule has 2 nitrogen and oxygen atoms in total. The number of amidine groups is 1. The van der Waals surface area contributed by atoms with Gasteiger partial charge in [0.05, 0.1) is 0 Å². The Morgan fingerprint density at radius 3 is 1.85 bits per heavy atom. The molecule has 0 saturated carbocycles. The fourth-order valence-corrected chi connectivity index (χ4v) is 0.921. The predicted octanol–water partition coefficient (Wildman–Crippen LogP) is 2.50. The van der Waals surface area contributed by atoms with Gasteiger partial charge in [-0.1, -0.05) is 20.8 Å². The molecule has 0 radical (unpaired) electrons. The zero-order chi connectivity index (χ0) is 10.9. The van der Waals surface area contributed by atoms with Crippen LogP contribution in [0.25, 0.3) is 0 Å². The number of rotatable bonds is 1. The molecule has 0 heterocycles. The second kappa shape index (κ2) is 3.55. The van der Waals surface area contributed by atoms with Gasteiger partial charge in [-0.15, -0.1) is 0 Å². The second-order valence-electron chi connectivity index (χ2n) is 4.07. The van der Waals surface area contributed by atoms with Gasteiger partial charge in [0.2, 0.25) is 0 Å². The maximum Gasteiger partial charge on any atom is 0.405 e. The van der Waals surface area contributed by atoms with E-state index in [2.05, 4.69) is 0 Å². The predicted molar refractivity (Wildman–Crippen MR) is 45.9 cm³/mol. The van der Waals surface area contributed by atoms with Gasteiger partial charge in [-0.25, -0.2) is 0 Å². The lowest BCUT2D eigenvalue weighted by Crippen LogP contribution is -2.41. The summed E-state index contributed by atoms with van der Waals surface area (Å²) in [6.07, 6.45) is -4.24. The van der Waals surface area contributed by atoms with E-state index in [1.165, 1.54) is 7.05 Å². The van der Waals surface area contributed by atoms with Crippen molar-refractivity contribution in [2.24, 2.45) is 5.41 Å². The number of hydrogen-bond acceptors (Lipinski definition) is 1. The Labute approximate surface area is 76.2 Å². The Balaban J connectivity index is 4.30. The normalized spacial score (nSPS) is 12.8. The fourth-order valence-electron chi connectivity index (χ4n) is 0.921. The van der Waals surface area contributed by atoms with Crippen LogP contribution in [0, 0.1) is 10.8 Å². The van der Waals surface area contributed by atoms with Crippen molar-refractivity contribution in [3.8, 4) is 0 Å². The first kappa shape index (κ1) is 12.3. The topological polar surface area (TPSA) is 27.1 Å². The van der Waals surface area contributed by atoms with Crippen molar-refractivity contribution in [1.82, 2.24) is 4.90 Å². The highest BCUT2D eigenvalue weighted by Gasteiger charge is 2.32. The minimum atomic E-state index is -4.24. The lowest BCUT2D eigenvalue weighted by Gasteiger charge is -2.29. The van der Waals surface area contributed by atoms with E-state index < -0.39 is 18.1 Å². The van der Waals surface area contributed by atoms with Crippen LogP contribution in [0.5, 0.6) is 0 Å². The molecule has 0 aromatic rings. The first-order valence-electron chi connectivity index (χ1n) is 3.91. The quantitative estimate of drug-likeness (QED) is 0.506. The van der Waals surface area contributed by atoms with Crippen molar-refractivity contribution in [3.63, 3.8) is 0 Å². The standard InChI is InChI=1S/C8H15F3N2/c1-7(2,3)6(12)13(4)5-8(9,10)11/h12H,5H2,1-4H3. The molecule has 0 rings (SSSR count). The fraction of sp³-hybridized carbons (Fsp3) is 0.875. The van der Waals surface area contributed by atoms with Gasteiger partial charge in [-0.2, -0.15) is 13.2 Å². The van der Waals surface area contributed by atoms with E-state index in [0.717, 1.165) is 4.90 Å². The Kier molecular flexibility index (Phi) is 3.35. The molecule has 0 aromatic heterocycles. The molecule has 0 spiro atoms. The number of halogens is 3. The zero-order valence-corrected chi connectivity index (χ0v) is 8.29.